The summed E-state index contributed by atoms with van der Waals surface area (Å²) in [5.74, 6) is 0. The van der Waals surface area contributed by atoms with Crippen molar-refractivity contribution in [1.82, 2.24) is 0 Å². The molecule has 3 N–H and O–H groups in total. The van der Waals surface area contributed by atoms with E-state index in [4.69, 9.17) is 5.73 Å². The highest BCUT2D eigenvalue weighted by atomic mass is 35.5. The van der Waals surface area contributed by atoms with Gasteiger partial charge in [0.1, 0.15) is 0 Å². The van der Waals surface area contributed by atoms with Crippen LogP contribution in [-0.2, 0) is 0 Å². The van der Waals surface area contributed by atoms with Gasteiger partial charge in [-0.05, 0) is 24.3 Å². The smallest absolute Gasteiger partial charge is 0.0339 e. The Balaban J connectivity index is 0.000000810. The molecular weight excluding hydrogens is 148 g/mol. The zero-order valence-electron chi connectivity index (χ0n) is 5.76. The number of hydrogen-bond donors (Lipinski definition) is 2. The van der Waals surface area contributed by atoms with Crippen LogP contribution in [0.4, 0.5) is 11.4 Å². The average molecular weight is 158 g/mol. The Labute approximate surface area is 66.8 Å². The molecule has 1 aromatic carbocycles. The molecular formula is C7H10ClN2-. The Morgan fingerprint density at radius 2 is 1.70 bits per heavy atom. The lowest BCUT2D eigenvalue weighted by Crippen LogP contribution is -3.00. The van der Waals surface area contributed by atoms with Gasteiger partial charge in [0.15, 0.2) is 0 Å². The summed E-state index contributed by atoms with van der Waals surface area (Å²) in [6, 6.07) is 7.61. The van der Waals surface area contributed by atoms with E-state index in [9.17, 15) is 0 Å². The first-order valence-corrected chi connectivity index (χ1v) is 2.86. The summed E-state index contributed by atoms with van der Waals surface area (Å²) in [6.45, 7) is 0. The minimum atomic E-state index is 0. The van der Waals surface area contributed by atoms with Gasteiger partial charge < -0.3 is 23.5 Å². The zero-order chi connectivity index (χ0) is 6.69. The lowest BCUT2D eigenvalue weighted by atomic mass is 10.3. The maximum absolute atomic E-state index is 5.45. The molecule has 0 fully saturated rings. The molecule has 0 aromatic heterocycles. The van der Waals surface area contributed by atoms with Crippen LogP contribution in [-0.4, -0.2) is 7.05 Å². The molecule has 0 atom stereocenters. The van der Waals surface area contributed by atoms with E-state index < -0.39 is 0 Å². The molecule has 0 unspecified atom stereocenters. The van der Waals surface area contributed by atoms with Gasteiger partial charge in [0.25, 0.3) is 0 Å². The van der Waals surface area contributed by atoms with Crippen LogP contribution in [0.5, 0.6) is 0 Å². The molecule has 0 aliphatic rings. The number of nitrogens with one attached hydrogen (secondary N) is 1. The van der Waals surface area contributed by atoms with Gasteiger partial charge in [0.05, 0.1) is 0 Å². The molecule has 0 amide bonds. The van der Waals surface area contributed by atoms with E-state index in [-0.39, 0.29) is 12.4 Å². The predicted octanol–water partition coefficient (Wildman–Crippen LogP) is -1.69. The van der Waals surface area contributed by atoms with E-state index in [0.29, 0.717) is 0 Å². The fourth-order valence-corrected chi connectivity index (χ4v) is 0.650. The summed E-state index contributed by atoms with van der Waals surface area (Å²) in [7, 11) is 1.88. The molecule has 2 nitrogen and oxygen atoms in total. The van der Waals surface area contributed by atoms with Crippen LogP contribution < -0.4 is 23.5 Å². The summed E-state index contributed by atoms with van der Waals surface area (Å²) in [5, 5.41) is 3.00. The highest BCUT2D eigenvalue weighted by molar-refractivity contribution is 5.50. The second-order valence-electron chi connectivity index (χ2n) is 1.87. The van der Waals surface area contributed by atoms with Crippen LogP contribution in [0.1, 0.15) is 0 Å². The molecule has 0 heterocycles. The van der Waals surface area contributed by atoms with E-state index in [1.54, 1.807) is 0 Å². The number of nitrogens with two attached hydrogens (primary N) is 1. The van der Waals surface area contributed by atoms with Gasteiger partial charge in [-0.3, -0.25) is 0 Å². The normalized spacial score (nSPS) is 8.10. The van der Waals surface area contributed by atoms with Gasteiger partial charge in [-0.2, -0.15) is 0 Å². The third-order valence-electron chi connectivity index (χ3n) is 1.20. The van der Waals surface area contributed by atoms with Crippen LogP contribution in [0.25, 0.3) is 0 Å². The van der Waals surface area contributed by atoms with Crippen LogP contribution >= 0.6 is 0 Å². The van der Waals surface area contributed by atoms with Crippen LogP contribution in [0.15, 0.2) is 24.3 Å². The Hall–Kier alpha value is -0.890. The molecule has 0 aliphatic heterocycles. The fourth-order valence-electron chi connectivity index (χ4n) is 0.650. The van der Waals surface area contributed by atoms with Crippen molar-refractivity contribution in [2.45, 2.75) is 0 Å². The molecule has 56 valence electrons. The molecule has 1 aromatic rings. The monoisotopic (exact) mass is 157 g/mol. The van der Waals surface area contributed by atoms with E-state index in [0.717, 1.165) is 11.4 Å². The maximum Gasteiger partial charge on any atom is 0.0339 e. The van der Waals surface area contributed by atoms with Crippen LogP contribution in [0.3, 0.4) is 0 Å². The second kappa shape index (κ2) is 4.01. The molecule has 3 heteroatoms. The number of rotatable bonds is 1. The number of halogens is 1. The van der Waals surface area contributed by atoms with Crippen molar-refractivity contribution in [2.24, 2.45) is 0 Å². The van der Waals surface area contributed by atoms with Crippen molar-refractivity contribution in [3.8, 4) is 0 Å². The van der Waals surface area contributed by atoms with Crippen molar-refractivity contribution in [1.29, 1.82) is 0 Å². The number of nitrogen functional groups attached to an aromatic ring is 1. The van der Waals surface area contributed by atoms with Gasteiger partial charge in [-0.25, -0.2) is 0 Å². The van der Waals surface area contributed by atoms with Crippen molar-refractivity contribution in [3.63, 3.8) is 0 Å². The topological polar surface area (TPSA) is 38.0 Å². The Kier molecular flexibility index (Phi) is 3.65. The van der Waals surface area contributed by atoms with E-state index >= 15 is 0 Å². The fraction of sp³-hybridized carbons (Fsp3) is 0.143. The van der Waals surface area contributed by atoms with Crippen LogP contribution in [0.2, 0.25) is 0 Å². The third-order valence-corrected chi connectivity index (χ3v) is 1.20. The number of benzene rings is 1. The molecule has 0 spiro atoms. The molecule has 0 saturated carbocycles. The van der Waals surface area contributed by atoms with Crippen molar-refractivity contribution < 1.29 is 12.4 Å². The molecule has 0 aliphatic carbocycles. The molecule has 1 rings (SSSR count). The van der Waals surface area contributed by atoms with Crippen molar-refractivity contribution in [2.75, 3.05) is 18.1 Å². The van der Waals surface area contributed by atoms with E-state index in [2.05, 4.69) is 5.32 Å². The molecule has 0 saturated heterocycles. The SMILES string of the molecule is CNc1ccc(N)cc1.[Cl-]. The summed E-state index contributed by atoms with van der Waals surface area (Å²) in [4.78, 5) is 0. The molecule has 10 heavy (non-hydrogen) atoms. The van der Waals surface area contributed by atoms with Gasteiger partial charge in [-0.1, -0.05) is 0 Å². The standard InChI is InChI=1S/C7H10N2.ClH/c1-9-7-4-2-6(8)3-5-7;/h2-5,9H,8H2,1H3;1H/p-1. The zero-order valence-corrected chi connectivity index (χ0v) is 6.52. The minimum absolute atomic E-state index is 0. The minimum Gasteiger partial charge on any atom is -1.00 e. The summed E-state index contributed by atoms with van der Waals surface area (Å²) in [5.41, 5.74) is 7.34. The summed E-state index contributed by atoms with van der Waals surface area (Å²) >= 11 is 0. The van der Waals surface area contributed by atoms with Crippen molar-refractivity contribution in [3.05, 3.63) is 24.3 Å². The quantitative estimate of drug-likeness (QED) is 0.478. The average Bonchev–Trinajstić information content (AvgIpc) is 1.90. The van der Waals surface area contributed by atoms with Crippen LogP contribution in [0, 0.1) is 0 Å². The predicted molar refractivity (Wildman–Crippen MR) is 40.4 cm³/mol. The van der Waals surface area contributed by atoms with E-state index in [1.165, 1.54) is 0 Å². The lowest BCUT2D eigenvalue weighted by Gasteiger charge is -1.97. The first-order chi connectivity index (χ1) is 4.33. The van der Waals surface area contributed by atoms with Gasteiger partial charge in [0, 0.05) is 18.4 Å². The Morgan fingerprint density at radius 3 is 2.10 bits per heavy atom. The Bertz CT molecular complexity index is 183. The summed E-state index contributed by atoms with van der Waals surface area (Å²) in [6.07, 6.45) is 0. The molecule has 0 radical (unpaired) electrons. The maximum atomic E-state index is 5.45. The first-order valence-electron chi connectivity index (χ1n) is 2.86. The second-order valence-corrected chi connectivity index (χ2v) is 1.87. The highest BCUT2D eigenvalue weighted by Crippen LogP contribution is 2.08. The lowest BCUT2D eigenvalue weighted by molar-refractivity contribution is -0.00000189. The number of hydrogen-bond acceptors (Lipinski definition) is 2. The van der Waals surface area contributed by atoms with Gasteiger partial charge >= 0.3 is 0 Å². The van der Waals surface area contributed by atoms with E-state index in [1.807, 2.05) is 31.3 Å². The Morgan fingerprint density at radius 1 is 1.20 bits per heavy atom. The third kappa shape index (κ3) is 2.15. The van der Waals surface area contributed by atoms with Gasteiger partial charge in [0.2, 0.25) is 0 Å². The molecule has 0 bridgehead atoms. The van der Waals surface area contributed by atoms with Gasteiger partial charge in [-0.15, -0.1) is 0 Å². The largest absolute Gasteiger partial charge is 1.00 e. The summed E-state index contributed by atoms with van der Waals surface area (Å²) < 4.78 is 0. The van der Waals surface area contributed by atoms with Crippen molar-refractivity contribution >= 4 is 11.4 Å². The number of anilines is 2. The first kappa shape index (κ1) is 9.11. The highest BCUT2D eigenvalue weighted by Gasteiger charge is 1.84.